The van der Waals surface area contributed by atoms with E-state index < -0.39 is 5.97 Å². The van der Waals surface area contributed by atoms with Crippen LogP contribution in [0.1, 0.15) is 34.8 Å². The molecule has 1 rings (SSSR count). The van der Waals surface area contributed by atoms with Crippen LogP contribution in [0.15, 0.2) is 18.2 Å². The first-order valence-electron chi connectivity index (χ1n) is 6.35. The number of hydrogen-bond acceptors (Lipinski definition) is 5. The van der Waals surface area contributed by atoms with Gasteiger partial charge in [-0.3, -0.25) is 4.79 Å². The normalized spacial score (nSPS) is 9.65. The third-order valence-corrected chi connectivity index (χ3v) is 2.85. The first kappa shape index (κ1) is 15.7. The Balaban J connectivity index is 3.05. The Labute approximate surface area is 118 Å². The Kier molecular flexibility index (Phi) is 6.24. The maximum atomic E-state index is 11.9. The monoisotopic (exact) mass is 275 g/mol. The number of methoxy groups -OCH3 is 1. The van der Waals surface area contributed by atoms with Crippen molar-refractivity contribution >= 4 is 11.9 Å². The van der Waals surface area contributed by atoms with Gasteiger partial charge in [0.05, 0.1) is 31.8 Å². The molecule has 0 atom stereocenters. The Morgan fingerprint density at radius 1 is 1.35 bits per heavy atom. The number of hydrogen-bond donors (Lipinski definition) is 0. The molecule has 0 aliphatic heterocycles. The smallest absolute Gasteiger partial charge is 0.338 e. The van der Waals surface area contributed by atoms with Gasteiger partial charge >= 0.3 is 11.9 Å². The highest BCUT2D eigenvalue weighted by Crippen LogP contribution is 2.18. The molecule has 0 aromatic heterocycles. The summed E-state index contributed by atoms with van der Waals surface area (Å²) >= 11 is 0. The minimum Gasteiger partial charge on any atom is -0.469 e. The van der Waals surface area contributed by atoms with Gasteiger partial charge in [-0.1, -0.05) is 12.1 Å². The van der Waals surface area contributed by atoms with Crippen molar-refractivity contribution in [3.8, 4) is 6.07 Å². The van der Waals surface area contributed by atoms with Gasteiger partial charge < -0.3 is 9.47 Å². The topological polar surface area (TPSA) is 76.4 Å². The van der Waals surface area contributed by atoms with Crippen LogP contribution in [0.2, 0.25) is 0 Å². The SMILES string of the molecule is CCOC(=O)c1cccc(CCC(=O)OC)c1CC#N. The molecule has 0 radical (unpaired) electrons. The number of rotatable bonds is 6. The van der Waals surface area contributed by atoms with E-state index in [0.29, 0.717) is 17.5 Å². The molecule has 20 heavy (non-hydrogen) atoms. The highest BCUT2D eigenvalue weighted by atomic mass is 16.5. The Morgan fingerprint density at radius 3 is 2.70 bits per heavy atom. The number of esters is 2. The molecule has 0 spiro atoms. The predicted molar refractivity (Wildman–Crippen MR) is 72.1 cm³/mol. The van der Waals surface area contributed by atoms with Crippen LogP contribution in [0.25, 0.3) is 0 Å². The summed E-state index contributed by atoms with van der Waals surface area (Å²) in [4.78, 5) is 23.1. The average molecular weight is 275 g/mol. The Hall–Kier alpha value is -2.35. The zero-order valence-electron chi connectivity index (χ0n) is 11.6. The molecule has 5 heteroatoms. The summed E-state index contributed by atoms with van der Waals surface area (Å²) < 4.78 is 9.57. The van der Waals surface area contributed by atoms with E-state index in [1.165, 1.54) is 7.11 Å². The van der Waals surface area contributed by atoms with Crippen LogP contribution in [-0.2, 0) is 27.1 Å². The number of carbonyl (C=O) groups excluding carboxylic acids is 2. The molecule has 1 aromatic carbocycles. The second-order valence-corrected chi connectivity index (χ2v) is 4.07. The van der Waals surface area contributed by atoms with Crippen molar-refractivity contribution < 1.29 is 19.1 Å². The molecule has 0 fully saturated rings. The van der Waals surface area contributed by atoms with Crippen molar-refractivity contribution in [2.24, 2.45) is 0 Å². The minimum atomic E-state index is -0.447. The molecule has 0 saturated heterocycles. The summed E-state index contributed by atoms with van der Waals surface area (Å²) in [6.07, 6.45) is 0.740. The number of ether oxygens (including phenoxy) is 2. The lowest BCUT2D eigenvalue weighted by Gasteiger charge is -2.11. The summed E-state index contributed by atoms with van der Waals surface area (Å²) in [5, 5.41) is 8.91. The summed E-state index contributed by atoms with van der Waals surface area (Å²) in [7, 11) is 1.33. The van der Waals surface area contributed by atoms with E-state index in [1.54, 1.807) is 25.1 Å². The number of nitriles is 1. The van der Waals surface area contributed by atoms with E-state index in [4.69, 9.17) is 10.00 Å². The zero-order chi connectivity index (χ0) is 15.0. The van der Waals surface area contributed by atoms with E-state index in [1.807, 2.05) is 6.07 Å². The third kappa shape index (κ3) is 4.09. The Morgan fingerprint density at radius 2 is 2.10 bits per heavy atom. The van der Waals surface area contributed by atoms with Crippen LogP contribution in [0.3, 0.4) is 0 Å². The summed E-state index contributed by atoms with van der Waals surface area (Å²) in [5.74, 6) is -0.771. The van der Waals surface area contributed by atoms with Crippen molar-refractivity contribution in [1.29, 1.82) is 5.26 Å². The van der Waals surface area contributed by atoms with Crippen LogP contribution in [-0.4, -0.2) is 25.7 Å². The van der Waals surface area contributed by atoms with E-state index in [-0.39, 0.29) is 25.4 Å². The maximum Gasteiger partial charge on any atom is 0.338 e. The van der Waals surface area contributed by atoms with Crippen molar-refractivity contribution in [2.75, 3.05) is 13.7 Å². The van der Waals surface area contributed by atoms with Gasteiger partial charge in [-0.25, -0.2) is 4.79 Å². The lowest BCUT2D eigenvalue weighted by Crippen LogP contribution is -2.11. The standard InChI is InChI=1S/C15H17NO4/c1-3-20-15(18)13-6-4-5-11(12(13)9-10-16)7-8-14(17)19-2/h4-6H,3,7-9H2,1-2H3. The molecular formula is C15H17NO4. The molecule has 0 aliphatic rings. The molecule has 0 aliphatic carbocycles. The first-order valence-corrected chi connectivity index (χ1v) is 6.35. The van der Waals surface area contributed by atoms with Gasteiger partial charge in [0.25, 0.3) is 0 Å². The molecule has 0 N–H and O–H groups in total. The van der Waals surface area contributed by atoms with Gasteiger partial charge in [0, 0.05) is 6.42 Å². The lowest BCUT2D eigenvalue weighted by atomic mass is 9.95. The van der Waals surface area contributed by atoms with Crippen molar-refractivity contribution in [2.45, 2.75) is 26.2 Å². The third-order valence-electron chi connectivity index (χ3n) is 2.85. The van der Waals surface area contributed by atoms with E-state index in [2.05, 4.69) is 4.74 Å². The molecule has 5 nitrogen and oxygen atoms in total. The van der Waals surface area contributed by atoms with Crippen molar-refractivity contribution in [1.82, 2.24) is 0 Å². The molecule has 1 aromatic rings. The van der Waals surface area contributed by atoms with Gasteiger partial charge in [-0.15, -0.1) is 0 Å². The molecule has 0 amide bonds. The van der Waals surface area contributed by atoms with Crippen LogP contribution in [0, 0.1) is 11.3 Å². The predicted octanol–water partition coefficient (Wildman–Crippen LogP) is 2.03. The van der Waals surface area contributed by atoms with Gasteiger partial charge in [-0.2, -0.15) is 5.26 Å². The van der Waals surface area contributed by atoms with Gasteiger partial charge in [0.2, 0.25) is 0 Å². The molecule has 0 bridgehead atoms. The second-order valence-electron chi connectivity index (χ2n) is 4.07. The summed E-state index contributed by atoms with van der Waals surface area (Å²) in [5.41, 5.74) is 1.80. The number of nitrogens with zero attached hydrogens (tertiary/aromatic N) is 1. The van der Waals surface area contributed by atoms with E-state index in [9.17, 15) is 9.59 Å². The van der Waals surface area contributed by atoms with E-state index in [0.717, 1.165) is 5.56 Å². The minimum absolute atomic E-state index is 0.103. The highest BCUT2D eigenvalue weighted by Gasteiger charge is 2.16. The fraction of sp³-hybridized carbons (Fsp3) is 0.400. The largest absolute Gasteiger partial charge is 0.469 e. The lowest BCUT2D eigenvalue weighted by molar-refractivity contribution is -0.140. The van der Waals surface area contributed by atoms with Crippen LogP contribution < -0.4 is 0 Å². The first-order chi connectivity index (χ1) is 9.63. The van der Waals surface area contributed by atoms with Gasteiger partial charge in [0.15, 0.2) is 0 Å². The molecule has 0 unspecified atom stereocenters. The van der Waals surface area contributed by atoms with Gasteiger partial charge in [0.1, 0.15) is 0 Å². The second kappa shape index (κ2) is 7.95. The van der Waals surface area contributed by atoms with Gasteiger partial charge in [-0.05, 0) is 30.5 Å². The highest BCUT2D eigenvalue weighted by molar-refractivity contribution is 5.91. The molecule has 0 saturated carbocycles. The average Bonchev–Trinajstić information content (AvgIpc) is 2.46. The fourth-order valence-corrected chi connectivity index (χ4v) is 1.90. The number of carbonyl (C=O) groups is 2. The maximum absolute atomic E-state index is 11.9. The number of aryl methyl sites for hydroxylation is 1. The molecular weight excluding hydrogens is 258 g/mol. The molecule has 0 heterocycles. The summed E-state index contributed by atoms with van der Waals surface area (Å²) in [6, 6.07) is 7.20. The van der Waals surface area contributed by atoms with Crippen molar-refractivity contribution in [3.05, 3.63) is 34.9 Å². The Bertz CT molecular complexity index is 531. The zero-order valence-corrected chi connectivity index (χ0v) is 11.6. The number of benzene rings is 1. The van der Waals surface area contributed by atoms with Crippen LogP contribution >= 0.6 is 0 Å². The quantitative estimate of drug-likeness (QED) is 0.742. The van der Waals surface area contributed by atoms with Crippen molar-refractivity contribution in [3.63, 3.8) is 0 Å². The van der Waals surface area contributed by atoms with Crippen LogP contribution in [0.5, 0.6) is 0 Å². The summed E-state index contributed by atoms with van der Waals surface area (Å²) in [6.45, 7) is 2.00. The molecule has 106 valence electrons. The van der Waals surface area contributed by atoms with E-state index >= 15 is 0 Å². The fourth-order valence-electron chi connectivity index (χ4n) is 1.90. The van der Waals surface area contributed by atoms with Crippen LogP contribution in [0.4, 0.5) is 0 Å².